The maximum absolute atomic E-state index is 11.8. The van der Waals surface area contributed by atoms with Crippen LogP contribution in [0.25, 0.3) is 0 Å². The third-order valence-electron chi connectivity index (χ3n) is 3.19. The van der Waals surface area contributed by atoms with Gasteiger partial charge in [0.25, 0.3) is 0 Å². The molecule has 1 aliphatic heterocycles. The van der Waals surface area contributed by atoms with Crippen LogP contribution in [0, 0.1) is 11.8 Å². The van der Waals surface area contributed by atoms with Crippen LogP contribution in [0.15, 0.2) is 0 Å². The molecule has 2 rings (SSSR count). The first-order valence-corrected chi connectivity index (χ1v) is 5.15. The second-order valence-electron chi connectivity index (χ2n) is 4.35. The fourth-order valence-electron chi connectivity index (χ4n) is 2.03. The van der Waals surface area contributed by atoms with E-state index in [0.717, 1.165) is 13.0 Å². The second kappa shape index (κ2) is 3.29. The van der Waals surface area contributed by atoms with Crippen LogP contribution in [0.3, 0.4) is 0 Å². The zero-order valence-corrected chi connectivity index (χ0v) is 8.07. The summed E-state index contributed by atoms with van der Waals surface area (Å²) in [5.41, 5.74) is 0. The second-order valence-corrected chi connectivity index (χ2v) is 4.35. The van der Waals surface area contributed by atoms with Crippen molar-refractivity contribution in [2.75, 3.05) is 13.1 Å². The van der Waals surface area contributed by atoms with Crippen LogP contribution in [-0.4, -0.2) is 35.1 Å². The molecule has 1 N–H and O–H groups in total. The standard InChI is InChI=1S/C10H17NO2/c1-7(8-2-3-8)10(13)11-5-4-9(12)6-11/h7-9,12H,2-6H2,1H3. The molecule has 0 aromatic carbocycles. The molecular weight excluding hydrogens is 166 g/mol. The van der Waals surface area contributed by atoms with Gasteiger partial charge in [-0.1, -0.05) is 6.92 Å². The van der Waals surface area contributed by atoms with Crippen molar-refractivity contribution < 1.29 is 9.90 Å². The maximum Gasteiger partial charge on any atom is 0.225 e. The Morgan fingerprint density at radius 3 is 2.62 bits per heavy atom. The summed E-state index contributed by atoms with van der Waals surface area (Å²) in [5.74, 6) is 1.06. The van der Waals surface area contributed by atoms with E-state index in [1.54, 1.807) is 0 Å². The Hall–Kier alpha value is -0.570. The minimum atomic E-state index is -0.282. The van der Waals surface area contributed by atoms with E-state index in [1.807, 2.05) is 11.8 Å². The molecule has 3 heteroatoms. The van der Waals surface area contributed by atoms with Gasteiger partial charge in [0.15, 0.2) is 0 Å². The number of nitrogens with zero attached hydrogens (tertiary/aromatic N) is 1. The lowest BCUT2D eigenvalue weighted by Gasteiger charge is -2.19. The van der Waals surface area contributed by atoms with Gasteiger partial charge < -0.3 is 10.0 Å². The molecule has 0 radical (unpaired) electrons. The van der Waals surface area contributed by atoms with Gasteiger partial charge in [-0.25, -0.2) is 0 Å². The molecule has 2 atom stereocenters. The predicted molar refractivity (Wildman–Crippen MR) is 49.1 cm³/mol. The Morgan fingerprint density at radius 2 is 2.15 bits per heavy atom. The summed E-state index contributed by atoms with van der Waals surface area (Å²) in [6.45, 7) is 3.32. The number of aliphatic hydroxyl groups excluding tert-OH is 1. The molecule has 2 unspecified atom stereocenters. The molecule has 0 aromatic heterocycles. The molecule has 3 nitrogen and oxygen atoms in total. The molecule has 1 aliphatic carbocycles. The van der Waals surface area contributed by atoms with Crippen LogP contribution in [0.4, 0.5) is 0 Å². The summed E-state index contributed by atoms with van der Waals surface area (Å²) in [5, 5.41) is 9.29. The largest absolute Gasteiger partial charge is 0.391 e. The van der Waals surface area contributed by atoms with Crippen LogP contribution in [0.2, 0.25) is 0 Å². The first-order valence-electron chi connectivity index (χ1n) is 5.15. The highest BCUT2D eigenvalue weighted by molar-refractivity contribution is 5.79. The van der Waals surface area contributed by atoms with Gasteiger partial charge >= 0.3 is 0 Å². The van der Waals surface area contributed by atoms with Crippen molar-refractivity contribution in [3.8, 4) is 0 Å². The fraction of sp³-hybridized carbons (Fsp3) is 0.900. The number of likely N-dealkylation sites (tertiary alicyclic amines) is 1. The van der Waals surface area contributed by atoms with Crippen LogP contribution >= 0.6 is 0 Å². The molecule has 74 valence electrons. The average Bonchev–Trinajstić information content (AvgIpc) is 2.87. The number of amides is 1. The number of hydrogen-bond acceptors (Lipinski definition) is 2. The SMILES string of the molecule is CC(C(=O)N1CCC(O)C1)C1CC1. The summed E-state index contributed by atoms with van der Waals surface area (Å²) in [7, 11) is 0. The minimum absolute atomic E-state index is 0.185. The maximum atomic E-state index is 11.8. The normalized spacial score (nSPS) is 30.6. The molecular formula is C10H17NO2. The molecule has 1 saturated heterocycles. The Labute approximate surface area is 78.7 Å². The molecule has 0 spiro atoms. The van der Waals surface area contributed by atoms with Gasteiger partial charge in [0, 0.05) is 19.0 Å². The van der Waals surface area contributed by atoms with Gasteiger partial charge in [-0.3, -0.25) is 4.79 Å². The zero-order chi connectivity index (χ0) is 9.42. The van der Waals surface area contributed by atoms with Crippen molar-refractivity contribution in [3.05, 3.63) is 0 Å². The fourth-order valence-corrected chi connectivity index (χ4v) is 2.03. The summed E-state index contributed by atoms with van der Waals surface area (Å²) in [6, 6.07) is 0. The summed E-state index contributed by atoms with van der Waals surface area (Å²) < 4.78 is 0. The summed E-state index contributed by atoms with van der Waals surface area (Å²) in [6.07, 6.45) is 2.89. The van der Waals surface area contributed by atoms with Crippen molar-refractivity contribution in [1.82, 2.24) is 4.90 Å². The van der Waals surface area contributed by atoms with E-state index >= 15 is 0 Å². The molecule has 2 aliphatic rings. The van der Waals surface area contributed by atoms with E-state index in [1.165, 1.54) is 12.8 Å². The lowest BCUT2D eigenvalue weighted by molar-refractivity contribution is -0.134. The van der Waals surface area contributed by atoms with Gasteiger partial charge in [-0.15, -0.1) is 0 Å². The molecule has 0 aromatic rings. The van der Waals surface area contributed by atoms with Crippen LogP contribution in [0.5, 0.6) is 0 Å². The van der Waals surface area contributed by atoms with Crippen molar-refractivity contribution in [2.24, 2.45) is 11.8 Å². The van der Waals surface area contributed by atoms with E-state index < -0.39 is 0 Å². The Bertz CT molecular complexity index is 213. The Balaban J connectivity index is 1.88. The molecule has 1 amide bonds. The molecule has 1 saturated carbocycles. The van der Waals surface area contributed by atoms with E-state index in [0.29, 0.717) is 12.5 Å². The lowest BCUT2D eigenvalue weighted by atomic mass is 10.1. The summed E-state index contributed by atoms with van der Waals surface area (Å²) in [4.78, 5) is 13.6. The van der Waals surface area contributed by atoms with Gasteiger partial charge in [0.05, 0.1) is 6.10 Å². The van der Waals surface area contributed by atoms with Crippen molar-refractivity contribution >= 4 is 5.91 Å². The van der Waals surface area contributed by atoms with Crippen molar-refractivity contribution in [3.63, 3.8) is 0 Å². The number of carbonyl (C=O) groups is 1. The van der Waals surface area contributed by atoms with Gasteiger partial charge in [-0.2, -0.15) is 0 Å². The third kappa shape index (κ3) is 1.85. The highest BCUT2D eigenvalue weighted by atomic mass is 16.3. The van der Waals surface area contributed by atoms with Gasteiger partial charge in [0.2, 0.25) is 5.91 Å². The minimum Gasteiger partial charge on any atom is -0.391 e. The lowest BCUT2D eigenvalue weighted by Crippen LogP contribution is -2.34. The number of hydrogen-bond donors (Lipinski definition) is 1. The summed E-state index contributed by atoms with van der Waals surface area (Å²) >= 11 is 0. The third-order valence-corrected chi connectivity index (χ3v) is 3.19. The highest BCUT2D eigenvalue weighted by Gasteiger charge is 2.36. The number of rotatable bonds is 2. The number of aliphatic hydroxyl groups is 1. The molecule has 2 fully saturated rings. The quantitative estimate of drug-likeness (QED) is 0.682. The van der Waals surface area contributed by atoms with Gasteiger partial charge in [-0.05, 0) is 25.2 Å². The monoisotopic (exact) mass is 183 g/mol. The van der Waals surface area contributed by atoms with E-state index in [-0.39, 0.29) is 17.9 Å². The number of β-amino-alcohol motifs (C(OH)–C–C–N with tert-alkyl or cyclic N) is 1. The first kappa shape index (κ1) is 9.00. The predicted octanol–water partition coefficient (Wildman–Crippen LogP) is 0.626. The zero-order valence-electron chi connectivity index (χ0n) is 8.07. The smallest absolute Gasteiger partial charge is 0.225 e. The Morgan fingerprint density at radius 1 is 1.46 bits per heavy atom. The van der Waals surface area contributed by atoms with Crippen LogP contribution < -0.4 is 0 Å². The average molecular weight is 183 g/mol. The van der Waals surface area contributed by atoms with E-state index in [9.17, 15) is 9.90 Å². The van der Waals surface area contributed by atoms with E-state index in [2.05, 4.69) is 0 Å². The van der Waals surface area contributed by atoms with Crippen molar-refractivity contribution in [1.29, 1.82) is 0 Å². The van der Waals surface area contributed by atoms with Gasteiger partial charge in [0.1, 0.15) is 0 Å². The highest BCUT2D eigenvalue weighted by Crippen LogP contribution is 2.37. The van der Waals surface area contributed by atoms with Crippen LogP contribution in [0.1, 0.15) is 26.2 Å². The Kier molecular flexibility index (Phi) is 2.28. The van der Waals surface area contributed by atoms with E-state index in [4.69, 9.17) is 0 Å². The molecule has 13 heavy (non-hydrogen) atoms. The first-order chi connectivity index (χ1) is 6.18. The molecule has 1 heterocycles. The van der Waals surface area contributed by atoms with Crippen molar-refractivity contribution in [2.45, 2.75) is 32.3 Å². The molecule has 0 bridgehead atoms. The topological polar surface area (TPSA) is 40.5 Å². The number of carbonyl (C=O) groups excluding carboxylic acids is 1. The van der Waals surface area contributed by atoms with Crippen LogP contribution in [-0.2, 0) is 4.79 Å².